The normalized spacial score (nSPS) is 11.8. The highest BCUT2D eigenvalue weighted by atomic mass is 16.3. The van der Waals surface area contributed by atoms with Gasteiger partial charge in [0.1, 0.15) is 11.8 Å². The number of hydrogen-bond acceptors (Lipinski definition) is 3. The Morgan fingerprint density at radius 3 is 3.00 bits per heavy atom. The number of hydrogen-bond donors (Lipinski definition) is 3. The Hall–Kier alpha value is -1.47. The highest BCUT2D eigenvalue weighted by Gasteiger charge is 1.94. The van der Waals surface area contributed by atoms with Gasteiger partial charge in [-0.05, 0) is 12.8 Å². The second kappa shape index (κ2) is 3.08. The summed E-state index contributed by atoms with van der Waals surface area (Å²) in [7, 11) is 0. The second-order valence-electron chi connectivity index (χ2n) is 2.15. The second-order valence-corrected chi connectivity index (χ2v) is 2.15. The van der Waals surface area contributed by atoms with E-state index in [9.17, 15) is 0 Å². The third-order valence-electron chi connectivity index (χ3n) is 1.07. The van der Waals surface area contributed by atoms with Crippen LogP contribution in [-0.4, -0.2) is 21.4 Å². The highest BCUT2D eigenvalue weighted by molar-refractivity contribution is 5.49. The van der Waals surface area contributed by atoms with E-state index in [1.807, 2.05) is 0 Å². The predicted molar refractivity (Wildman–Crippen MR) is 41.6 cm³/mol. The van der Waals surface area contributed by atoms with Crippen LogP contribution in [0.3, 0.4) is 0 Å². The van der Waals surface area contributed by atoms with Crippen LogP contribution < -0.4 is 5.73 Å². The van der Waals surface area contributed by atoms with E-state index in [2.05, 4.69) is 22.0 Å². The summed E-state index contributed by atoms with van der Waals surface area (Å²) in [5.41, 5.74) is 6.49. The summed E-state index contributed by atoms with van der Waals surface area (Å²) in [6.45, 7) is 1.58. The van der Waals surface area contributed by atoms with Crippen LogP contribution in [0.1, 0.15) is 12.6 Å². The molecule has 0 saturated carbocycles. The number of aliphatic hydroxyl groups excluding tert-OH is 1. The molecule has 0 amide bonds. The molecule has 4 heteroatoms. The Morgan fingerprint density at radius 1 is 1.82 bits per heavy atom. The lowest BCUT2D eigenvalue weighted by Gasteiger charge is -1.87. The summed E-state index contributed by atoms with van der Waals surface area (Å²) >= 11 is 0. The number of anilines is 1. The Balaban J connectivity index is 2.81. The maximum absolute atomic E-state index is 8.79. The first kappa shape index (κ1) is 7.63. The molecule has 58 valence electrons. The van der Waals surface area contributed by atoms with Crippen molar-refractivity contribution in [2.75, 3.05) is 5.73 Å². The fraction of sp³-hybridized carbons (Fsp3) is 0.286. The molecule has 1 aromatic heterocycles. The van der Waals surface area contributed by atoms with Crippen molar-refractivity contribution in [1.82, 2.24) is 10.2 Å². The molecule has 0 aliphatic carbocycles. The molecule has 11 heavy (non-hydrogen) atoms. The minimum Gasteiger partial charge on any atom is -0.395 e. The van der Waals surface area contributed by atoms with Crippen LogP contribution in [0, 0.1) is 11.8 Å². The third-order valence-corrected chi connectivity index (χ3v) is 1.07. The molecular weight excluding hydrogens is 142 g/mol. The van der Waals surface area contributed by atoms with Crippen molar-refractivity contribution in [2.45, 2.75) is 13.0 Å². The fourth-order valence-electron chi connectivity index (χ4n) is 0.572. The molecular formula is C7H9N3O. The zero-order valence-corrected chi connectivity index (χ0v) is 6.13. The van der Waals surface area contributed by atoms with Gasteiger partial charge in [0.25, 0.3) is 0 Å². The van der Waals surface area contributed by atoms with Crippen molar-refractivity contribution in [3.8, 4) is 11.8 Å². The molecule has 0 fully saturated rings. The molecule has 4 nitrogen and oxygen atoms in total. The first-order valence-electron chi connectivity index (χ1n) is 3.18. The summed E-state index contributed by atoms with van der Waals surface area (Å²) in [5.74, 6) is 5.19. The van der Waals surface area contributed by atoms with Crippen molar-refractivity contribution in [1.29, 1.82) is 0 Å². The van der Waals surface area contributed by atoms with Crippen molar-refractivity contribution in [3.05, 3.63) is 11.9 Å². The molecule has 4 N–H and O–H groups in total. The van der Waals surface area contributed by atoms with Crippen LogP contribution in [0.4, 0.5) is 5.69 Å². The quantitative estimate of drug-likeness (QED) is 0.446. The van der Waals surface area contributed by atoms with Crippen LogP contribution in [0.15, 0.2) is 6.20 Å². The molecule has 0 radical (unpaired) electrons. The minimum atomic E-state index is -0.641. The number of nitrogen functional groups attached to an aromatic ring is 1. The van der Waals surface area contributed by atoms with Crippen LogP contribution in [0.5, 0.6) is 0 Å². The Bertz CT molecular complexity index is 292. The van der Waals surface area contributed by atoms with E-state index in [0.717, 1.165) is 0 Å². The van der Waals surface area contributed by atoms with Gasteiger partial charge in [-0.1, -0.05) is 5.92 Å². The van der Waals surface area contributed by atoms with Gasteiger partial charge in [-0.2, -0.15) is 5.10 Å². The van der Waals surface area contributed by atoms with Crippen molar-refractivity contribution in [3.63, 3.8) is 0 Å². The zero-order chi connectivity index (χ0) is 8.27. The number of nitrogens with zero attached hydrogens (tertiary/aromatic N) is 1. The molecule has 1 atom stereocenters. The lowest BCUT2D eigenvalue weighted by Crippen LogP contribution is -1.93. The van der Waals surface area contributed by atoms with E-state index in [0.29, 0.717) is 11.4 Å². The van der Waals surface area contributed by atoms with Gasteiger partial charge in [0, 0.05) is 0 Å². The van der Waals surface area contributed by atoms with Gasteiger partial charge in [0.15, 0.2) is 0 Å². The Kier molecular flexibility index (Phi) is 2.14. The number of nitrogens with two attached hydrogens (primary N) is 1. The molecule has 1 heterocycles. The number of H-pyrrole nitrogens is 1. The van der Waals surface area contributed by atoms with Crippen LogP contribution in [0.2, 0.25) is 0 Å². The van der Waals surface area contributed by atoms with Crippen LogP contribution in [-0.2, 0) is 0 Å². The van der Waals surface area contributed by atoms with Gasteiger partial charge in [-0.25, -0.2) is 0 Å². The third kappa shape index (κ3) is 1.99. The maximum atomic E-state index is 8.79. The molecule has 0 unspecified atom stereocenters. The molecule has 1 aromatic rings. The average molecular weight is 151 g/mol. The maximum Gasteiger partial charge on any atom is 0.131 e. The van der Waals surface area contributed by atoms with Crippen LogP contribution >= 0.6 is 0 Å². The lowest BCUT2D eigenvalue weighted by molar-refractivity contribution is 0.253. The van der Waals surface area contributed by atoms with E-state index in [4.69, 9.17) is 10.8 Å². The average Bonchev–Trinajstić information content (AvgIpc) is 2.31. The molecule has 0 spiro atoms. The first-order chi connectivity index (χ1) is 5.20. The van der Waals surface area contributed by atoms with Gasteiger partial charge in [0.2, 0.25) is 0 Å². The summed E-state index contributed by atoms with van der Waals surface area (Å²) in [6, 6.07) is 0. The van der Waals surface area contributed by atoms with Crippen molar-refractivity contribution >= 4 is 5.69 Å². The molecule has 0 aromatic carbocycles. The molecule has 0 aliphatic heterocycles. The van der Waals surface area contributed by atoms with Gasteiger partial charge >= 0.3 is 0 Å². The monoisotopic (exact) mass is 151 g/mol. The number of aliphatic hydroxyl groups is 1. The summed E-state index contributed by atoms with van der Waals surface area (Å²) in [5, 5.41) is 15.1. The van der Waals surface area contributed by atoms with Crippen LogP contribution in [0.25, 0.3) is 0 Å². The van der Waals surface area contributed by atoms with Crippen molar-refractivity contribution in [2.24, 2.45) is 0 Å². The highest BCUT2D eigenvalue weighted by Crippen LogP contribution is 2.02. The van der Waals surface area contributed by atoms with Gasteiger partial charge in [-0.15, -0.1) is 0 Å². The largest absolute Gasteiger partial charge is 0.395 e. The lowest BCUT2D eigenvalue weighted by atomic mass is 10.3. The summed E-state index contributed by atoms with van der Waals surface area (Å²) < 4.78 is 0. The number of rotatable bonds is 0. The first-order valence-corrected chi connectivity index (χ1v) is 3.18. The van der Waals surface area contributed by atoms with E-state index in [1.54, 1.807) is 6.92 Å². The van der Waals surface area contributed by atoms with Gasteiger partial charge in [-0.3, -0.25) is 5.10 Å². The summed E-state index contributed by atoms with van der Waals surface area (Å²) in [4.78, 5) is 0. The van der Waals surface area contributed by atoms with E-state index in [1.165, 1.54) is 6.20 Å². The molecule has 1 rings (SSSR count). The minimum absolute atomic E-state index is 0.498. The SMILES string of the molecule is C[C@H](O)C#Cc1[nH]ncc1N. The number of aromatic nitrogens is 2. The molecule has 0 aliphatic rings. The van der Waals surface area contributed by atoms with E-state index >= 15 is 0 Å². The standard InChI is InChI=1S/C7H9N3O/c1-5(11)2-3-7-6(8)4-9-10-7/h4-5,11H,8H2,1H3,(H,9,10)/t5-/m0/s1. The predicted octanol–water partition coefficient (Wildman–Crippen LogP) is -0.276. The topological polar surface area (TPSA) is 74.9 Å². The molecule has 0 bridgehead atoms. The van der Waals surface area contributed by atoms with Gasteiger partial charge < -0.3 is 10.8 Å². The Labute approximate surface area is 64.4 Å². The van der Waals surface area contributed by atoms with E-state index in [-0.39, 0.29) is 0 Å². The van der Waals surface area contributed by atoms with Gasteiger partial charge in [0.05, 0.1) is 11.9 Å². The zero-order valence-electron chi connectivity index (χ0n) is 6.13. The summed E-state index contributed by atoms with van der Waals surface area (Å²) in [6.07, 6.45) is 0.837. The Morgan fingerprint density at radius 2 is 2.55 bits per heavy atom. The molecule has 0 saturated heterocycles. The van der Waals surface area contributed by atoms with Crippen molar-refractivity contribution < 1.29 is 5.11 Å². The number of nitrogens with one attached hydrogen (secondary N) is 1. The number of aromatic amines is 1. The smallest absolute Gasteiger partial charge is 0.131 e. The fourth-order valence-corrected chi connectivity index (χ4v) is 0.572. The van der Waals surface area contributed by atoms with E-state index < -0.39 is 6.10 Å².